The number of rotatable bonds is 8. The highest BCUT2D eigenvalue weighted by atomic mass is 16.5. The lowest BCUT2D eigenvalue weighted by Gasteiger charge is -2.37. The Bertz CT molecular complexity index is 698. The van der Waals surface area contributed by atoms with E-state index in [1.807, 2.05) is 29.2 Å². The summed E-state index contributed by atoms with van der Waals surface area (Å²) in [5, 5.41) is 3.37. The third-order valence-corrected chi connectivity index (χ3v) is 5.30. The molecule has 0 saturated carbocycles. The Morgan fingerprint density at radius 2 is 2.00 bits per heavy atom. The monoisotopic (exact) mass is 418 g/mol. The summed E-state index contributed by atoms with van der Waals surface area (Å²) in [6.07, 6.45) is 2.42. The highest BCUT2D eigenvalue weighted by Gasteiger charge is 2.30. The molecule has 0 aromatic heterocycles. The fraction of sp³-hybridized carbons (Fsp3) is 0.636. The van der Waals surface area contributed by atoms with Crippen LogP contribution in [0.3, 0.4) is 0 Å². The molecule has 0 radical (unpaired) electrons. The predicted octanol–water partition coefficient (Wildman–Crippen LogP) is 1.75. The molecule has 1 atom stereocenters. The van der Waals surface area contributed by atoms with E-state index in [-0.39, 0.29) is 12.0 Å². The number of guanidine groups is 1. The molecule has 2 fully saturated rings. The van der Waals surface area contributed by atoms with Crippen LogP contribution < -0.4 is 14.8 Å². The van der Waals surface area contributed by atoms with Crippen LogP contribution in [0.25, 0.3) is 0 Å². The third-order valence-electron chi connectivity index (χ3n) is 5.30. The normalized spacial score (nSPS) is 19.7. The minimum atomic E-state index is -0.233. The summed E-state index contributed by atoms with van der Waals surface area (Å²) >= 11 is 0. The molecule has 166 valence electrons. The van der Waals surface area contributed by atoms with Crippen LogP contribution in [0.4, 0.5) is 0 Å². The maximum absolute atomic E-state index is 12.5. The molecule has 1 aromatic rings. The van der Waals surface area contributed by atoms with Crippen LogP contribution in [0, 0.1) is 0 Å². The van der Waals surface area contributed by atoms with Gasteiger partial charge in [-0.05, 0) is 31.9 Å². The second kappa shape index (κ2) is 11.6. The third kappa shape index (κ3) is 6.26. The van der Waals surface area contributed by atoms with Gasteiger partial charge in [-0.2, -0.15) is 0 Å². The summed E-state index contributed by atoms with van der Waals surface area (Å²) in [5.41, 5.74) is 0. The molecule has 2 heterocycles. The molecule has 8 heteroatoms. The van der Waals surface area contributed by atoms with Crippen LogP contribution in [-0.4, -0.2) is 87.4 Å². The van der Waals surface area contributed by atoms with Gasteiger partial charge in [0.05, 0.1) is 13.7 Å². The van der Waals surface area contributed by atoms with Gasteiger partial charge >= 0.3 is 0 Å². The summed E-state index contributed by atoms with van der Waals surface area (Å²) < 4.78 is 16.5. The number of hydrogen-bond donors (Lipinski definition) is 1. The van der Waals surface area contributed by atoms with E-state index < -0.39 is 0 Å². The van der Waals surface area contributed by atoms with Crippen LogP contribution in [0.2, 0.25) is 0 Å². The van der Waals surface area contributed by atoms with Gasteiger partial charge in [-0.25, -0.2) is 0 Å². The molecular formula is C22H34N4O4. The van der Waals surface area contributed by atoms with E-state index >= 15 is 0 Å². The summed E-state index contributed by atoms with van der Waals surface area (Å²) in [7, 11) is 1.65. The maximum Gasteiger partial charge on any atom is 0.251 e. The number of nitrogens with one attached hydrogen (secondary N) is 1. The van der Waals surface area contributed by atoms with Gasteiger partial charge in [0.2, 0.25) is 0 Å². The first-order valence-electron chi connectivity index (χ1n) is 10.9. The lowest BCUT2D eigenvalue weighted by molar-refractivity contribution is -0.142. The Morgan fingerprint density at radius 3 is 2.70 bits per heavy atom. The van der Waals surface area contributed by atoms with E-state index in [4.69, 9.17) is 19.2 Å². The van der Waals surface area contributed by atoms with Gasteiger partial charge in [-0.15, -0.1) is 0 Å². The van der Waals surface area contributed by atoms with Gasteiger partial charge in [-0.1, -0.05) is 6.07 Å². The summed E-state index contributed by atoms with van der Waals surface area (Å²) in [4.78, 5) is 21.4. The van der Waals surface area contributed by atoms with Gasteiger partial charge in [-0.3, -0.25) is 9.79 Å². The summed E-state index contributed by atoms with van der Waals surface area (Å²) in [6, 6.07) is 7.62. The Kier molecular flexibility index (Phi) is 8.62. The molecule has 0 spiro atoms. The molecule has 8 nitrogen and oxygen atoms in total. The number of amides is 1. The molecule has 1 N–H and O–H groups in total. The molecule has 1 aromatic carbocycles. The first-order chi connectivity index (χ1) is 14.7. The molecule has 1 unspecified atom stereocenters. The quantitative estimate of drug-likeness (QED) is 0.394. The molecule has 2 saturated heterocycles. The Morgan fingerprint density at radius 1 is 1.23 bits per heavy atom. The number of aliphatic imine (C=N–C) groups is 1. The average Bonchev–Trinajstić information content (AvgIpc) is 3.33. The molecule has 0 bridgehead atoms. The van der Waals surface area contributed by atoms with E-state index in [9.17, 15) is 4.79 Å². The highest BCUT2D eigenvalue weighted by Crippen LogP contribution is 2.19. The minimum Gasteiger partial charge on any atom is -0.497 e. The van der Waals surface area contributed by atoms with Gasteiger partial charge in [0, 0.05) is 58.4 Å². The van der Waals surface area contributed by atoms with Crippen molar-refractivity contribution in [1.29, 1.82) is 0 Å². The molecule has 3 rings (SSSR count). The number of hydrogen-bond acceptors (Lipinski definition) is 5. The van der Waals surface area contributed by atoms with E-state index in [2.05, 4.69) is 17.1 Å². The zero-order valence-electron chi connectivity index (χ0n) is 18.1. The van der Waals surface area contributed by atoms with E-state index in [1.165, 1.54) is 0 Å². The molecule has 2 aliphatic rings. The van der Waals surface area contributed by atoms with Crippen LogP contribution >= 0.6 is 0 Å². The summed E-state index contributed by atoms with van der Waals surface area (Å²) in [5.74, 6) is 2.64. The van der Waals surface area contributed by atoms with Crippen molar-refractivity contribution >= 4 is 11.9 Å². The number of carbonyl (C=O) groups excluding carboxylic acids is 1. The smallest absolute Gasteiger partial charge is 0.251 e. The number of benzene rings is 1. The van der Waals surface area contributed by atoms with Gasteiger partial charge in [0.1, 0.15) is 17.6 Å². The maximum atomic E-state index is 12.5. The number of carbonyl (C=O) groups is 1. The highest BCUT2D eigenvalue weighted by molar-refractivity contribution is 5.82. The first-order valence-corrected chi connectivity index (χ1v) is 10.9. The van der Waals surface area contributed by atoms with Crippen molar-refractivity contribution in [3.8, 4) is 11.5 Å². The van der Waals surface area contributed by atoms with E-state index in [0.717, 1.165) is 56.4 Å². The topological polar surface area (TPSA) is 75.6 Å². The second-order valence-electron chi connectivity index (χ2n) is 7.43. The van der Waals surface area contributed by atoms with Crippen molar-refractivity contribution in [2.24, 2.45) is 4.99 Å². The molecule has 0 aliphatic carbocycles. The van der Waals surface area contributed by atoms with Gasteiger partial charge < -0.3 is 29.3 Å². The van der Waals surface area contributed by atoms with Crippen LogP contribution in [0.1, 0.15) is 26.2 Å². The number of piperazine rings is 1. The predicted molar refractivity (Wildman–Crippen MR) is 116 cm³/mol. The standard InChI is InChI=1S/C22H34N4O4/c1-3-23-22(24-10-6-16-29-19-8-4-7-18(17-19)28-2)26-13-11-25(12-14-26)21(27)20-9-5-15-30-20/h4,7-8,17,20H,3,5-6,9-16H2,1-2H3,(H,23,24). The number of ether oxygens (including phenoxy) is 3. The zero-order chi connectivity index (χ0) is 21.2. The molecule has 2 aliphatic heterocycles. The van der Waals surface area contributed by atoms with E-state index in [0.29, 0.717) is 32.8 Å². The second-order valence-corrected chi connectivity index (χ2v) is 7.43. The largest absolute Gasteiger partial charge is 0.497 e. The lowest BCUT2D eigenvalue weighted by atomic mass is 10.2. The van der Waals surface area contributed by atoms with Crippen molar-refractivity contribution in [1.82, 2.24) is 15.1 Å². The molecule has 30 heavy (non-hydrogen) atoms. The van der Waals surface area contributed by atoms with Crippen LogP contribution in [0.15, 0.2) is 29.3 Å². The molecular weight excluding hydrogens is 384 g/mol. The van der Waals surface area contributed by atoms with Crippen molar-refractivity contribution in [3.63, 3.8) is 0 Å². The minimum absolute atomic E-state index is 0.142. The Balaban J connectivity index is 1.42. The number of nitrogens with zero attached hydrogens (tertiary/aromatic N) is 3. The van der Waals surface area contributed by atoms with Crippen molar-refractivity contribution in [2.75, 3.05) is 59.6 Å². The van der Waals surface area contributed by atoms with Gasteiger partial charge in [0.15, 0.2) is 5.96 Å². The van der Waals surface area contributed by atoms with Crippen molar-refractivity contribution < 1.29 is 19.0 Å². The zero-order valence-corrected chi connectivity index (χ0v) is 18.1. The Labute approximate surface area is 179 Å². The van der Waals surface area contributed by atoms with Crippen molar-refractivity contribution in [2.45, 2.75) is 32.3 Å². The molecule has 1 amide bonds. The fourth-order valence-electron chi connectivity index (χ4n) is 3.67. The van der Waals surface area contributed by atoms with Crippen LogP contribution in [-0.2, 0) is 9.53 Å². The number of methoxy groups -OCH3 is 1. The van der Waals surface area contributed by atoms with Crippen molar-refractivity contribution in [3.05, 3.63) is 24.3 Å². The van der Waals surface area contributed by atoms with E-state index in [1.54, 1.807) is 7.11 Å². The van der Waals surface area contributed by atoms with Crippen LogP contribution in [0.5, 0.6) is 11.5 Å². The summed E-state index contributed by atoms with van der Waals surface area (Å²) in [6.45, 7) is 7.85. The fourth-order valence-corrected chi connectivity index (χ4v) is 3.67. The van der Waals surface area contributed by atoms with Gasteiger partial charge in [0.25, 0.3) is 5.91 Å². The Hall–Kier alpha value is -2.48. The average molecular weight is 419 g/mol. The first kappa shape index (κ1) is 22.2. The lowest BCUT2D eigenvalue weighted by Crippen LogP contribution is -2.55. The SMILES string of the molecule is CCNC(=NCCCOc1cccc(OC)c1)N1CCN(C(=O)C2CCCO2)CC1.